The average Bonchev–Trinajstić information content (AvgIpc) is 2.77. The van der Waals surface area contributed by atoms with Crippen LogP contribution in [0, 0.1) is 27.7 Å². The Kier molecular flexibility index (Phi) is 3.48. The van der Waals surface area contributed by atoms with Gasteiger partial charge in [0.25, 0.3) is 0 Å². The fraction of sp³-hybridized carbons (Fsp3) is 0.357. The summed E-state index contributed by atoms with van der Waals surface area (Å²) in [5.74, 6) is -0.211. The Balaban J connectivity index is 2.67. The van der Waals surface area contributed by atoms with E-state index in [0.29, 0.717) is 0 Å². The van der Waals surface area contributed by atoms with Crippen LogP contribution in [0.1, 0.15) is 28.2 Å². The number of carboxylic acids is 1. The molecule has 0 bridgehead atoms. The zero-order valence-electron chi connectivity index (χ0n) is 12.3. The van der Waals surface area contributed by atoms with Crippen LogP contribution in [0.5, 0.6) is 0 Å². The highest BCUT2D eigenvalue weighted by Gasteiger charge is 2.17. The minimum Gasteiger partial charge on any atom is -0.478 e. The third-order valence-electron chi connectivity index (χ3n) is 3.48. The summed E-state index contributed by atoms with van der Waals surface area (Å²) in [6, 6.07) is 0. The van der Waals surface area contributed by atoms with Crippen LogP contribution in [0.15, 0.2) is 6.08 Å². The number of aromatic nitrogens is 4. The van der Waals surface area contributed by atoms with Crippen LogP contribution in [0.2, 0.25) is 0 Å². The van der Waals surface area contributed by atoms with Crippen LogP contribution in [-0.2, 0) is 11.8 Å². The Morgan fingerprint density at radius 1 is 1.15 bits per heavy atom. The van der Waals surface area contributed by atoms with Gasteiger partial charge in [0.05, 0.1) is 11.4 Å². The maximum atomic E-state index is 10.7. The molecule has 0 saturated heterocycles. The maximum absolute atomic E-state index is 10.7. The van der Waals surface area contributed by atoms with Gasteiger partial charge in [0.2, 0.25) is 0 Å². The van der Waals surface area contributed by atoms with Gasteiger partial charge in [-0.3, -0.25) is 4.68 Å². The molecule has 6 heteroatoms. The first-order valence-corrected chi connectivity index (χ1v) is 6.30. The number of rotatable bonds is 3. The van der Waals surface area contributed by atoms with Crippen molar-refractivity contribution in [1.29, 1.82) is 0 Å². The third kappa shape index (κ3) is 2.24. The summed E-state index contributed by atoms with van der Waals surface area (Å²) >= 11 is 0. The number of hydrogen-bond donors (Lipinski definition) is 1. The first kappa shape index (κ1) is 14.0. The van der Waals surface area contributed by atoms with E-state index in [2.05, 4.69) is 10.2 Å². The van der Waals surface area contributed by atoms with Gasteiger partial charge in [-0.25, -0.2) is 9.48 Å². The number of nitrogens with zero attached hydrogens (tertiary/aromatic N) is 4. The van der Waals surface area contributed by atoms with E-state index in [4.69, 9.17) is 5.11 Å². The molecule has 2 aromatic heterocycles. The highest BCUT2D eigenvalue weighted by Crippen LogP contribution is 2.23. The van der Waals surface area contributed by atoms with Gasteiger partial charge >= 0.3 is 5.97 Å². The van der Waals surface area contributed by atoms with E-state index in [0.717, 1.165) is 40.1 Å². The fourth-order valence-corrected chi connectivity index (χ4v) is 2.19. The monoisotopic (exact) mass is 274 g/mol. The molecule has 6 nitrogen and oxygen atoms in total. The lowest BCUT2D eigenvalue weighted by Gasteiger charge is -2.06. The zero-order valence-corrected chi connectivity index (χ0v) is 12.3. The normalized spacial score (nSPS) is 11.4. The number of carbonyl (C=O) groups is 1. The SMILES string of the molecule is Cc1nn(-c2c(/C=C/C(=O)O)c(C)nn2C)c(C)c1C. The van der Waals surface area contributed by atoms with Crippen molar-refractivity contribution in [3.63, 3.8) is 0 Å². The summed E-state index contributed by atoms with van der Waals surface area (Å²) in [6.45, 7) is 7.81. The van der Waals surface area contributed by atoms with Crippen molar-refractivity contribution in [2.24, 2.45) is 7.05 Å². The lowest BCUT2D eigenvalue weighted by atomic mass is 10.2. The minimum atomic E-state index is -0.983. The van der Waals surface area contributed by atoms with Crippen molar-refractivity contribution in [2.45, 2.75) is 27.7 Å². The van der Waals surface area contributed by atoms with Crippen LogP contribution in [0.4, 0.5) is 0 Å². The van der Waals surface area contributed by atoms with Gasteiger partial charge in [0, 0.05) is 24.4 Å². The second-order valence-corrected chi connectivity index (χ2v) is 4.83. The Morgan fingerprint density at radius 3 is 2.30 bits per heavy atom. The first-order valence-electron chi connectivity index (χ1n) is 6.30. The van der Waals surface area contributed by atoms with Gasteiger partial charge < -0.3 is 5.11 Å². The molecule has 0 fully saturated rings. The van der Waals surface area contributed by atoms with Gasteiger partial charge in [-0.15, -0.1) is 0 Å². The lowest BCUT2D eigenvalue weighted by Crippen LogP contribution is -2.07. The number of aliphatic carboxylic acids is 1. The van der Waals surface area contributed by atoms with Crippen LogP contribution >= 0.6 is 0 Å². The van der Waals surface area contributed by atoms with Crippen molar-refractivity contribution in [2.75, 3.05) is 0 Å². The highest BCUT2D eigenvalue weighted by molar-refractivity contribution is 5.86. The predicted molar refractivity (Wildman–Crippen MR) is 75.9 cm³/mol. The second kappa shape index (κ2) is 4.96. The lowest BCUT2D eigenvalue weighted by molar-refractivity contribution is -0.131. The van der Waals surface area contributed by atoms with Crippen molar-refractivity contribution >= 4 is 12.0 Å². The van der Waals surface area contributed by atoms with Crippen LogP contribution in [0.3, 0.4) is 0 Å². The Hall–Kier alpha value is -2.37. The molecule has 1 N–H and O–H groups in total. The molecule has 2 aromatic rings. The van der Waals surface area contributed by atoms with Crippen molar-refractivity contribution in [3.05, 3.63) is 34.3 Å². The summed E-state index contributed by atoms with van der Waals surface area (Å²) in [5, 5.41) is 17.7. The minimum absolute atomic E-state index is 0.764. The Morgan fingerprint density at radius 2 is 1.80 bits per heavy atom. The van der Waals surface area contributed by atoms with Crippen molar-refractivity contribution < 1.29 is 9.90 Å². The molecule has 0 amide bonds. The number of hydrogen-bond acceptors (Lipinski definition) is 3. The van der Waals surface area contributed by atoms with E-state index in [1.54, 1.807) is 10.8 Å². The summed E-state index contributed by atoms with van der Waals surface area (Å²) in [5.41, 5.74) is 4.63. The number of aryl methyl sites for hydroxylation is 3. The maximum Gasteiger partial charge on any atom is 0.328 e. The van der Waals surface area contributed by atoms with Gasteiger partial charge in [0.15, 0.2) is 5.82 Å². The molecular formula is C14H18N4O2. The summed E-state index contributed by atoms with van der Waals surface area (Å²) in [4.78, 5) is 10.7. The summed E-state index contributed by atoms with van der Waals surface area (Å²) in [6.07, 6.45) is 2.68. The highest BCUT2D eigenvalue weighted by atomic mass is 16.4. The second-order valence-electron chi connectivity index (χ2n) is 4.83. The molecule has 106 valence electrons. The smallest absolute Gasteiger partial charge is 0.328 e. The molecule has 0 saturated carbocycles. The quantitative estimate of drug-likeness (QED) is 0.868. The van der Waals surface area contributed by atoms with Crippen LogP contribution < -0.4 is 0 Å². The molecule has 0 radical (unpaired) electrons. The summed E-state index contributed by atoms with van der Waals surface area (Å²) in [7, 11) is 1.83. The zero-order chi connectivity index (χ0) is 15.0. The topological polar surface area (TPSA) is 72.9 Å². The Bertz CT molecular complexity index is 707. The molecule has 0 atom stereocenters. The molecular weight excluding hydrogens is 256 g/mol. The molecule has 0 aromatic carbocycles. The molecule has 0 aliphatic heterocycles. The van der Waals surface area contributed by atoms with Gasteiger partial charge in [-0.1, -0.05) is 0 Å². The number of carboxylic acid groups (broad SMARTS) is 1. The van der Waals surface area contributed by atoms with Gasteiger partial charge in [0.1, 0.15) is 0 Å². The third-order valence-corrected chi connectivity index (χ3v) is 3.48. The molecule has 2 heterocycles. The van der Waals surface area contributed by atoms with Crippen molar-refractivity contribution in [1.82, 2.24) is 19.6 Å². The van der Waals surface area contributed by atoms with E-state index in [-0.39, 0.29) is 0 Å². The Labute approximate surface area is 117 Å². The molecule has 0 unspecified atom stereocenters. The fourth-order valence-electron chi connectivity index (χ4n) is 2.19. The molecule has 0 aliphatic rings. The van der Waals surface area contributed by atoms with Gasteiger partial charge in [-0.2, -0.15) is 10.2 Å². The molecule has 0 aliphatic carbocycles. The molecule has 20 heavy (non-hydrogen) atoms. The van der Waals surface area contributed by atoms with E-state index >= 15 is 0 Å². The van der Waals surface area contributed by atoms with E-state index in [1.807, 2.05) is 39.4 Å². The standard InChI is InChI=1S/C14H18N4O2/c1-8-9(2)16-18(11(8)4)14-12(6-7-13(19)20)10(3)15-17(14)5/h6-7H,1-5H3,(H,19,20)/b7-6+. The molecule has 0 spiro atoms. The van der Waals surface area contributed by atoms with E-state index in [9.17, 15) is 4.79 Å². The molecule has 2 rings (SSSR count). The van der Waals surface area contributed by atoms with Crippen LogP contribution in [0.25, 0.3) is 11.9 Å². The van der Waals surface area contributed by atoms with Gasteiger partial charge in [-0.05, 0) is 39.3 Å². The summed E-state index contributed by atoms with van der Waals surface area (Å²) < 4.78 is 3.53. The largest absolute Gasteiger partial charge is 0.478 e. The van der Waals surface area contributed by atoms with Crippen LogP contribution in [-0.4, -0.2) is 30.6 Å². The predicted octanol–water partition coefficient (Wildman–Crippen LogP) is 1.94. The van der Waals surface area contributed by atoms with Crippen molar-refractivity contribution in [3.8, 4) is 5.82 Å². The first-order chi connectivity index (χ1) is 9.32. The average molecular weight is 274 g/mol. The van der Waals surface area contributed by atoms with E-state index in [1.165, 1.54) is 0 Å². The van der Waals surface area contributed by atoms with E-state index < -0.39 is 5.97 Å².